The molecule has 0 heterocycles. The van der Waals surface area contributed by atoms with Gasteiger partial charge in [-0.3, -0.25) is 4.79 Å². The molecule has 0 aromatic carbocycles. The molecule has 0 aliphatic heterocycles. The Balaban J connectivity index is 4.67. The Kier molecular flexibility index (Phi) is 5.03. The van der Waals surface area contributed by atoms with Gasteiger partial charge >= 0.3 is 0 Å². The fourth-order valence-electron chi connectivity index (χ4n) is 1.05. The first-order valence-electron chi connectivity index (χ1n) is 4.35. The van der Waals surface area contributed by atoms with E-state index in [-0.39, 0.29) is 6.54 Å². The van der Waals surface area contributed by atoms with Crippen LogP contribution in [-0.4, -0.2) is 49.6 Å². The van der Waals surface area contributed by atoms with Gasteiger partial charge in [0.2, 0.25) is 5.91 Å². The molecule has 84 valence electrons. The van der Waals surface area contributed by atoms with Gasteiger partial charge in [-0.15, -0.1) is 0 Å². The third-order valence-corrected chi connectivity index (χ3v) is 3.89. The van der Waals surface area contributed by atoms with Crippen molar-refractivity contribution >= 4 is 16.1 Å². The predicted octanol–water partition coefficient (Wildman–Crippen LogP) is -1.01. The summed E-state index contributed by atoms with van der Waals surface area (Å²) in [7, 11) is -2.20. The number of hydrogen-bond acceptors (Lipinski definition) is 3. The highest BCUT2D eigenvalue weighted by atomic mass is 32.2. The first-order valence-corrected chi connectivity index (χ1v) is 5.75. The van der Waals surface area contributed by atoms with Crippen LogP contribution in [0.2, 0.25) is 0 Å². The first kappa shape index (κ1) is 13.3. The van der Waals surface area contributed by atoms with Crippen molar-refractivity contribution in [3.63, 3.8) is 0 Å². The van der Waals surface area contributed by atoms with Crippen molar-refractivity contribution in [3.05, 3.63) is 0 Å². The van der Waals surface area contributed by atoms with Crippen LogP contribution < -0.4 is 5.73 Å². The van der Waals surface area contributed by atoms with Crippen LogP contribution in [0.3, 0.4) is 0 Å². The Bertz CT molecular complexity index is 285. The van der Waals surface area contributed by atoms with E-state index in [0.29, 0.717) is 13.1 Å². The number of likely N-dealkylation sites (N-methyl/N-ethyl adjacent to an activating group) is 1. The van der Waals surface area contributed by atoms with E-state index in [1.54, 1.807) is 13.8 Å². The lowest BCUT2D eigenvalue weighted by atomic mass is 10.6. The minimum atomic E-state index is -3.53. The molecule has 0 bridgehead atoms. The molecule has 0 aromatic heterocycles. The summed E-state index contributed by atoms with van der Waals surface area (Å²) in [5, 5.41) is 0. The summed E-state index contributed by atoms with van der Waals surface area (Å²) in [6, 6.07) is 0. The molecule has 7 heteroatoms. The molecule has 0 spiro atoms. The second kappa shape index (κ2) is 5.28. The molecule has 0 aliphatic carbocycles. The van der Waals surface area contributed by atoms with Gasteiger partial charge in [-0.1, -0.05) is 13.8 Å². The predicted molar refractivity (Wildman–Crippen MR) is 53.7 cm³/mol. The molecule has 0 fully saturated rings. The Morgan fingerprint density at radius 3 is 2.00 bits per heavy atom. The highest BCUT2D eigenvalue weighted by Crippen LogP contribution is 2.04. The third-order valence-electron chi connectivity index (χ3n) is 1.80. The highest BCUT2D eigenvalue weighted by molar-refractivity contribution is 7.86. The standard InChI is InChI=1S/C7H17N3O3S/c1-4-10(5-2)14(12,13)9(3)6-7(8)11/h4-6H2,1-3H3,(H2,8,11). The van der Waals surface area contributed by atoms with E-state index in [0.717, 1.165) is 4.31 Å². The Morgan fingerprint density at radius 1 is 1.29 bits per heavy atom. The fourth-order valence-corrected chi connectivity index (χ4v) is 2.39. The highest BCUT2D eigenvalue weighted by Gasteiger charge is 2.24. The van der Waals surface area contributed by atoms with Crippen molar-refractivity contribution < 1.29 is 13.2 Å². The maximum atomic E-state index is 11.7. The van der Waals surface area contributed by atoms with E-state index >= 15 is 0 Å². The van der Waals surface area contributed by atoms with Crippen LogP contribution in [0, 0.1) is 0 Å². The minimum absolute atomic E-state index is 0.293. The third kappa shape index (κ3) is 3.24. The molecule has 0 unspecified atom stereocenters. The van der Waals surface area contributed by atoms with Crippen LogP contribution in [0.4, 0.5) is 0 Å². The van der Waals surface area contributed by atoms with Gasteiger partial charge in [0.25, 0.3) is 10.2 Å². The lowest BCUT2D eigenvalue weighted by Gasteiger charge is -2.24. The van der Waals surface area contributed by atoms with Crippen LogP contribution in [0.15, 0.2) is 0 Å². The van der Waals surface area contributed by atoms with Crippen molar-refractivity contribution in [1.82, 2.24) is 8.61 Å². The SMILES string of the molecule is CCN(CC)S(=O)(=O)N(C)CC(N)=O. The van der Waals surface area contributed by atoms with Crippen LogP contribution in [-0.2, 0) is 15.0 Å². The Labute approximate surface area is 84.8 Å². The molecule has 1 amide bonds. The van der Waals surface area contributed by atoms with E-state index in [1.807, 2.05) is 0 Å². The Morgan fingerprint density at radius 2 is 1.71 bits per heavy atom. The molecular weight excluding hydrogens is 206 g/mol. The number of carbonyl (C=O) groups is 1. The van der Waals surface area contributed by atoms with Gasteiger partial charge in [0.05, 0.1) is 6.54 Å². The zero-order valence-electron chi connectivity index (χ0n) is 8.73. The van der Waals surface area contributed by atoms with Crippen LogP contribution in [0.5, 0.6) is 0 Å². The number of nitrogens with two attached hydrogens (primary N) is 1. The van der Waals surface area contributed by atoms with Crippen molar-refractivity contribution in [1.29, 1.82) is 0 Å². The molecule has 0 aliphatic rings. The number of nitrogens with zero attached hydrogens (tertiary/aromatic N) is 2. The number of rotatable bonds is 6. The van der Waals surface area contributed by atoms with Gasteiger partial charge in [0.1, 0.15) is 0 Å². The van der Waals surface area contributed by atoms with E-state index in [4.69, 9.17) is 5.73 Å². The van der Waals surface area contributed by atoms with Crippen LogP contribution in [0.25, 0.3) is 0 Å². The van der Waals surface area contributed by atoms with Gasteiger partial charge in [0.15, 0.2) is 0 Å². The zero-order valence-corrected chi connectivity index (χ0v) is 9.54. The number of hydrogen-bond donors (Lipinski definition) is 1. The van der Waals surface area contributed by atoms with E-state index < -0.39 is 16.1 Å². The lowest BCUT2D eigenvalue weighted by Crippen LogP contribution is -2.44. The molecular formula is C7H17N3O3S. The molecule has 2 N–H and O–H groups in total. The first-order chi connectivity index (χ1) is 6.36. The van der Waals surface area contributed by atoms with Crippen LogP contribution >= 0.6 is 0 Å². The molecule has 6 nitrogen and oxygen atoms in total. The van der Waals surface area contributed by atoms with E-state index in [9.17, 15) is 13.2 Å². The summed E-state index contributed by atoms with van der Waals surface area (Å²) < 4.78 is 25.6. The van der Waals surface area contributed by atoms with E-state index in [2.05, 4.69) is 0 Å². The zero-order chi connectivity index (χ0) is 11.4. The summed E-state index contributed by atoms with van der Waals surface area (Å²) in [5.41, 5.74) is 4.91. The molecule has 0 atom stereocenters. The molecule has 14 heavy (non-hydrogen) atoms. The number of carbonyl (C=O) groups excluding carboxylic acids is 1. The van der Waals surface area contributed by atoms with Gasteiger partial charge in [-0.05, 0) is 0 Å². The molecule has 0 saturated carbocycles. The molecule has 0 saturated heterocycles. The largest absolute Gasteiger partial charge is 0.369 e. The normalized spacial score (nSPS) is 12.4. The van der Waals surface area contributed by atoms with Gasteiger partial charge in [-0.2, -0.15) is 17.0 Å². The van der Waals surface area contributed by atoms with Crippen LogP contribution in [0.1, 0.15) is 13.8 Å². The maximum Gasteiger partial charge on any atom is 0.282 e. The van der Waals surface area contributed by atoms with Crippen molar-refractivity contribution in [2.45, 2.75) is 13.8 Å². The molecule has 0 radical (unpaired) electrons. The number of primary amides is 1. The van der Waals surface area contributed by atoms with Crippen molar-refractivity contribution in [2.75, 3.05) is 26.7 Å². The minimum Gasteiger partial charge on any atom is -0.369 e. The molecule has 0 aromatic rings. The van der Waals surface area contributed by atoms with Crippen molar-refractivity contribution in [3.8, 4) is 0 Å². The van der Waals surface area contributed by atoms with Gasteiger partial charge < -0.3 is 5.73 Å². The quantitative estimate of drug-likeness (QED) is 0.626. The summed E-state index contributed by atoms with van der Waals surface area (Å²) in [5.74, 6) is -0.664. The Hall–Kier alpha value is -0.660. The average Bonchev–Trinajstić information content (AvgIpc) is 2.04. The van der Waals surface area contributed by atoms with Gasteiger partial charge in [-0.25, -0.2) is 0 Å². The second-order valence-electron chi connectivity index (χ2n) is 2.81. The molecule has 0 rings (SSSR count). The maximum absolute atomic E-state index is 11.7. The summed E-state index contributed by atoms with van der Waals surface area (Å²) in [6.45, 7) is 3.93. The smallest absolute Gasteiger partial charge is 0.282 e. The topological polar surface area (TPSA) is 83.7 Å². The van der Waals surface area contributed by atoms with Crippen molar-refractivity contribution in [2.24, 2.45) is 5.73 Å². The average molecular weight is 223 g/mol. The van der Waals surface area contributed by atoms with E-state index in [1.165, 1.54) is 11.4 Å². The summed E-state index contributed by atoms with van der Waals surface area (Å²) >= 11 is 0. The monoisotopic (exact) mass is 223 g/mol. The number of amides is 1. The summed E-state index contributed by atoms with van der Waals surface area (Å²) in [6.07, 6.45) is 0. The lowest BCUT2D eigenvalue weighted by molar-refractivity contribution is -0.118. The summed E-state index contributed by atoms with van der Waals surface area (Å²) in [4.78, 5) is 10.6. The van der Waals surface area contributed by atoms with Gasteiger partial charge in [0, 0.05) is 20.1 Å². The second-order valence-corrected chi connectivity index (χ2v) is 4.85. The fraction of sp³-hybridized carbons (Fsp3) is 0.857.